The highest BCUT2D eigenvalue weighted by atomic mass is 16.6. The number of fused-ring (bicyclic) bond motifs is 1. The zero-order chi connectivity index (χ0) is 19.6. The van der Waals surface area contributed by atoms with Crippen LogP contribution in [0.5, 0.6) is 0 Å². The molecule has 1 amide bonds. The van der Waals surface area contributed by atoms with Crippen LogP contribution in [0.2, 0.25) is 0 Å². The largest absolute Gasteiger partial charge is 0.448 e. The van der Waals surface area contributed by atoms with E-state index in [1.807, 2.05) is 18.2 Å². The van der Waals surface area contributed by atoms with Crippen LogP contribution in [0.4, 0.5) is 5.69 Å². The van der Waals surface area contributed by atoms with Crippen molar-refractivity contribution in [3.05, 3.63) is 63.5 Å². The van der Waals surface area contributed by atoms with Crippen molar-refractivity contribution in [2.45, 2.75) is 38.3 Å². The van der Waals surface area contributed by atoms with Crippen LogP contribution in [-0.2, 0) is 23.0 Å². The Kier molecular flexibility index (Phi) is 5.25. The molecule has 0 aliphatic heterocycles. The van der Waals surface area contributed by atoms with Crippen molar-refractivity contribution < 1.29 is 19.2 Å². The van der Waals surface area contributed by atoms with E-state index in [0.717, 1.165) is 30.9 Å². The molecule has 0 saturated carbocycles. The summed E-state index contributed by atoms with van der Waals surface area (Å²) in [4.78, 5) is 35.0. The number of hydrogen-bond donors (Lipinski definition) is 1. The molecule has 1 aliphatic carbocycles. The molecule has 27 heavy (non-hydrogen) atoms. The lowest BCUT2D eigenvalue weighted by Crippen LogP contribution is -2.39. The Morgan fingerprint density at radius 3 is 2.81 bits per heavy atom. The van der Waals surface area contributed by atoms with E-state index in [-0.39, 0.29) is 17.4 Å². The molecule has 8 heteroatoms. The summed E-state index contributed by atoms with van der Waals surface area (Å²) in [7, 11) is 1.51. The quantitative estimate of drug-likeness (QED) is 0.494. The molecule has 2 atom stereocenters. The normalized spacial score (nSPS) is 16.9. The summed E-state index contributed by atoms with van der Waals surface area (Å²) in [6.45, 7) is 1.49. The highest BCUT2D eigenvalue weighted by Crippen LogP contribution is 2.29. The number of hydrogen-bond acceptors (Lipinski definition) is 5. The number of aryl methyl sites for hydroxylation is 2. The minimum absolute atomic E-state index is 0.0179. The van der Waals surface area contributed by atoms with Crippen molar-refractivity contribution in [2.75, 3.05) is 0 Å². The summed E-state index contributed by atoms with van der Waals surface area (Å²) in [5.74, 6) is -1.17. The van der Waals surface area contributed by atoms with E-state index in [1.54, 1.807) is 0 Å². The topological polar surface area (TPSA) is 103 Å². The van der Waals surface area contributed by atoms with Crippen LogP contribution in [0.1, 0.15) is 47.4 Å². The van der Waals surface area contributed by atoms with E-state index in [2.05, 4.69) is 11.4 Å². The van der Waals surface area contributed by atoms with E-state index in [4.69, 9.17) is 4.74 Å². The van der Waals surface area contributed by atoms with Gasteiger partial charge in [-0.3, -0.25) is 14.9 Å². The fourth-order valence-corrected chi connectivity index (χ4v) is 3.32. The fraction of sp³-hybridized carbons (Fsp3) is 0.368. The molecule has 1 aliphatic rings. The summed E-state index contributed by atoms with van der Waals surface area (Å²) < 4.78 is 6.52. The Morgan fingerprint density at radius 1 is 1.37 bits per heavy atom. The Balaban J connectivity index is 1.65. The van der Waals surface area contributed by atoms with Gasteiger partial charge in [0.05, 0.1) is 17.2 Å². The summed E-state index contributed by atoms with van der Waals surface area (Å²) in [6.07, 6.45) is 3.00. The van der Waals surface area contributed by atoms with Crippen molar-refractivity contribution in [3.8, 4) is 0 Å². The summed E-state index contributed by atoms with van der Waals surface area (Å²) >= 11 is 0. The van der Waals surface area contributed by atoms with Crippen molar-refractivity contribution in [1.29, 1.82) is 0 Å². The number of nitrogens with zero attached hydrogens (tertiary/aromatic N) is 2. The maximum Gasteiger partial charge on any atom is 0.355 e. The third kappa shape index (κ3) is 3.99. The zero-order valence-corrected chi connectivity index (χ0v) is 15.2. The smallest absolute Gasteiger partial charge is 0.355 e. The number of aromatic nitrogens is 1. The Bertz CT molecular complexity index is 889. The van der Waals surface area contributed by atoms with E-state index in [9.17, 15) is 19.7 Å². The van der Waals surface area contributed by atoms with Gasteiger partial charge in [-0.1, -0.05) is 24.3 Å². The molecule has 0 bridgehead atoms. The molecule has 142 valence electrons. The number of ether oxygens (including phenoxy) is 1. The van der Waals surface area contributed by atoms with E-state index >= 15 is 0 Å². The number of nitro groups is 1. The molecular formula is C19H21N3O5. The van der Waals surface area contributed by atoms with Crippen LogP contribution in [-0.4, -0.2) is 27.5 Å². The first-order valence-electron chi connectivity index (χ1n) is 8.76. The third-order valence-corrected chi connectivity index (χ3v) is 4.75. The Hall–Kier alpha value is -3.16. The second-order valence-electron chi connectivity index (χ2n) is 6.65. The molecule has 1 N–H and O–H groups in total. The molecule has 1 aromatic heterocycles. The summed E-state index contributed by atoms with van der Waals surface area (Å²) in [6, 6.07) is 8.99. The molecule has 2 unspecified atom stereocenters. The number of carbonyl (C=O) groups is 2. The predicted molar refractivity (Wildman–Crippen MR) is 97.2 cm³/mol. The lowest BCUT2D eigenvalue weighted by Gasteiger charge is -2.27. The molecule has 0 spiro atoms. The van der Waals surface area contributed by atoms with Crippen LogP contribution in [0.25, 0.3) is 0 Å². The molecule has 0 saturated heterocycles. The van der Waals surface area contributed by atoms with Crippen LogP contribution in [0.3, 0.4) is 0 Å². The first-order chi connectivity index (χ1) is 12.9. The highest BCUT2D eigenvalue weighted by molar-refractivity contribution is 5.91. The molecule has 1 heterocycles. The Morgan fingerprint density at radius 2 is 2.11 bits per heavy atom. The minimum atomic E-state index is -1.01. The number of carbonyl (C=O) groups excluding carboxylic acids is 2. The second kappa shape index (κ2) is 7.61. The number of rotatable bonds is 5. The van der Waals surface area contributed by atoms with Gasteiger partial charge in [0, 0.05) is 13.1 Å². The van der Waals surface area contributed by atoms with Crippen molar-refractivity contribution in [3.63, 3.8) is 0 Å². The number of nitrogens with one attached hydrogen (secondary N) is 1. The number of amides is 1. The number of benzene rings is 1. The van der Waals surface area contributed by atoms with E-state index < -0.39 is 22.9 Å². The van der Waals surface area contributed by atoms with Gasteiger partial charge in [0.15, 0.2) is 6.10 Å². The Labute approximate surface area is 156 Å². The van der Waals surface area contributed by atoms with Crippen molar-refractivity contribution >= 4 is 17.6 Å². The van der Waals surface area contributed by atoms with Gasteiger partial charge in [0.25, 0.3) is 11.6 Å². The predicted octanol–water partition coefficient (Wildman–Crippen LogP) is 2.67. The second-order valence-corrected chi connectivity index (χ2v) is 6.65. The average molecular weight is 371 g/mol. The van der Waals surface area contributed by atoms with Crippen LogP contribution < -0.4 is 5.32 Å². The highest BCUT2D eigenvalue weighted by Gasteiger charge is 2.27. The van der Waals surface area contributed by atoms with Gasteiger partial charge in [-0.25, -0.2) is 4.79 Å². The first-order valence-corrected chi connectivity index (χ1v) is 8.76. The van der Waals surface area contributed by atoms with E-state index in [0.29, 0.717) is 0 Å². The van der Waals surface area contributed by atoms with Crippen LogP contribution in [0, 0.1) is 10.1 Å². The van der Waals surface area contributed by atoms with E-state index in [1.165, 1.54) is 30.3 Å². The molecule has 0 radical (unpaired) electrons. The molecule has 0 fully saturated rings. The minimum Gasteiger partial charge on any atom is -0.448 e. The number of esters is 1. The van der Waals surface area contributed by atoms with Gasteiger partial charge >= 0.3 is 5.97 Å². The molecule has 8 nitrogen and oxygen atoms in total. The third-order valence-electron chi connectivity index (χ3n) is 4.75. The zero-order valence-electron chi connectivity index (χ0n) is 15.2. The van der Waals surface area contributed by atoms with Crippen LogP contribution >= 0.6 is 0 Å². The van der Waals surface area contributed by atoms with Crippen molar-refractivity contribution in [2.24, 2.45) is 7.05 Å². The fourth-order valence-electron chi connectivity index (χ4n) is 3.32. The van der Waals surface area contributed by atoms with Gasteiger partial charge < -0.3 is 14.6 Å². The SMILES string of the molecule is CC(OC(=O)c1cc([N+](=O)[O-])cn1C)C(=O)NC1CCCc2ccccc21. The lowest BCUT2D eigenvalue weighted by molar-refractivity contribution is -0.384. The summed E-state index contributed by atoms with van der Waals surface area (Å²) in [5.41, 5.74) is 2.12. The molecule has 1 aromatic carbocycles. The van der Waals surface area contributed by atoms with Crippen molar-refractivity contribution in [1.82, 2.24) is 9.88 Å². The monoisotopic (exact) mass is 371 g/mol. The first kappa shape index (κ1) is 18.6. The molecule has 2 aromatic rings. The summed E-state index contributed by atoms with van der Waals surface area (Å²) in [5, 5.41) is 13.8. The van der Waals surface area contributed by atoms with Gasteiger partial charge in [-0.05, 0) is 37.3 Å². The van der Waals surface area contributed by atoms with Gasteiger partial charge in [0.1, 0.15) is 5.69 Å². The van der Waals surface area contributed by atoms with Crippen LogP contribution in [0.15, 0.2) is 36.5 Å². The molecule has 3 rings (SSSR count). The average Bonchev–Trinajstić information content (AvgIpc) is 3.04. The maximum atomic E-state index is 12.5. The standard InChI is InChI=1S/C19H21N3O5/c1-12(27-19(24)17-10-14(22(25)26)11-21(17)2)18(23)20-16-9-5-7-13-6-3-4-8-15(13)16/h3-4,6,8,10-12,16H,5,7,9H2,1-2H3,(H,20,23). The lowest BCUT2D eigenvalue weighted by atomic mass is 9.87. The van der Waals surface area contributed by atoms with Gasteiger partial charge in [-0.15, -0.1) is 0 Å². The van der Waals surface area contributed by atoms with Gasteiger partial charge in [-0.2, -0.15) is 0 Å². The maximum absolute atomic E-state index is 12.5. The van der Waals surface area contributed by atoms with Gasteiger partial charge in [0.2, 0.25) is 0 Å². The molecular weight excluding hydrogens is 350 g/mol.